The normalized spacial score (nSPS) is 16.0. The highest BCUT2D eigenvalue weighted by molar-refractivity contribution is 6.34. The van der Waals surface area contributed by atoms with Gasteiger partial charge in [0, 0.05) is 261 Å². The molecule has 0 saturated carbocycles. The number of rotatable bonds is 23. The number of amides is 4. The Morgan fingerprint density at radius 2 is 0.611 bits per heavy atom. The smallest absolute Gasteiger partial charge is 0.253 e. The van der Waals surface area contributed by atoms with Crippen LogP contribution in [0.15, 0.2) is 153 Å². The van der Waals surface area contributed by atoms with Crippen molar-refractivity contribution in [3.05, 3.63) is 320 Å². The number of hydrogen-bond donors (Lipinski definition) is 8. The molecule has 14 aromatic rings. The lowest BCUT2D eigenvalue weighted by Crippen LogP contribution is -2.39. The summed E-state index contributed by atoms with van der Waals surface area (Å²) in [6.07, 6.45) is 9.88. The van der Waals surface area contributed by atoms with E-state index in [4.69, 9.17) is 46.9 Å². The van der Waals surface area contributed by atoms with Crippen molar-refractivity contribution in [1.82, 2.24) is 88.2 Å². The Morgan fingerprint density at radius 3 is 0.896 bits per heavy atom. The summed E-state index contributed by atoms with van der Waals surface area (Å²) in [5.41, 5.74) is 27.3. The van der Waals surface area contributed by atoms with Gasteiger partial charge in [-0.3, -0.25) is 62.6 Å². The molecule has 0 bridgehead atoms. The van der Waals surface area contributed by atoms with Gasteiger partial charge >= 0.3 is 0 Å². The molecule has 32 nitrogen and oxygen atoms in total. The molecule has 5 aliphatic heterocycles. The van der Waals surface area contributed by atoms with Crippen LogP contribution < -0.4 is 48.4 Å². The molecular formula is C110H133Cl2N19O13. The number of halogens is 2. The summed E-state index contributed by atoms with van der Waals surface area (Å²) >= 11 is 12.9. The number of aromatic amines is 4. The number of carbonyl (C=O) groups excluding carboxylic acids is 4. The van der Waals surface area contributed by atoms with E-state index in [0.717, 1.165) is 213 Å². The van der Waals surface area contributed by atoms with Gasteiger partial charge in [0.25, 0.3) is 45.9 Å². The number of H-pyrrole nitrogens is 4. The number of nitrogens with one attached hydrogen (secondary N) is 8. The fraction of sp³-hybridized carbons (Fsp3) is 0.409. The number of aromatic nitrogens is 10. The Bertz CT molecular complexity index is 7180. The lowest BCUT2D eigenvalue weighted by molar-refractivity contribution is 0.0187. The highest BCUT2D eigenvalue weighted by Crippen LogP contribution is 2.40. The van der Waals surface area contributed by atoms with Gasteiger partial charge in [0.1, 0.15) is 0 Å². The van der Waals surface area contributed by atoms with Gasteiger partial charge in [0.15, 0.2) is 0 Å². The number of ether oxygens (including phenoxy) is 5. The maximum absolute atomic E-state index is 13.8. The van der Waals surface area contributed by atoms with E-state index in [2.05, 4.69) is 165 Å². The lowest BCUT2D eigenvalue weighted by atomic mass is 9.98. The van der Waals surface area contributed by atoms with Gasteiger partial charge in [-0.25, -0.2) is 0 Å². The number of pyridine rings is 8. The summed E-state index contributed by atoms with van der Waals surface area (Å²) in [5, 5.41) is 17.5. The number of carbonyl (C=O) groups is 4. The Labute approximate surface area is 847 Å². The Kier molecular flexibility index (Phi) is 33.0. The molecule has 8 N–H and O–H groups in total. The van der Waals surface area contributed by atoms with Crippen molar-refractivity contribution < 1.29 is 42.9 Å². The number of benzene rings is 1. The summed E-state index contributed by atoms with van der Waals surface area (Å²) in [6.45, 7) is 47.8. The molecular weight excluding hydrogens is 1870 g/mol. The molecule has 144 heavy (non-hydrogen) atoms. The second-order valence-electron chi connectivity index (χ2n) is 38.4. The molecule has 5 fully saturated rings. The minimum atomic E-state index is -0.225. The Balaban J connectivity index is 0.000000139. The molecule has 5 saturated heterocycles. The molecule has 5 aliphatic rings. The van der Waals surface area contributed by atoms with Crippen LogP contribution in [0, 0.1) is 83.1 Å². The number of hydrogen-bond acceptors (Lipinski definition) is 19. The highest BCUT2D eigenvalue weighted by atomic mass is 35.5. The average molecular weight is 2000 g/mol. The van der Waals surface area contributed by atoms with Gasteiger partial charge in [-0.1, -0.05) is 35.3 Å². The third kappa shape index (κ3) is 22.5. The molecule has 760 valence electrons. The van der Waals surface area contributed by atoms with Gasteiger partial charge in [-0.15, -0.1) is 0 Å². The van der Waals surface area contributed by atoms with Crippen LogP contribution in [-0.2, 0) is 56.9 Å². The first kappa shape index (κ1) is 104. The number of fused-ring (bicyclic) bond motifs is 4. The quantitative estimate of drug-likeness (QED) is 0.0295. The zero-order valence-corrected chi connectivity index (χ0v) is 87.0. The maximum Gasteiger partial charge on any atom is 0.253 e. The zero-order chi connectivity index (χ0) is 102. The van der Waals surface area contributed by atoms with Gasteiger partial charge in [0.2, 0.25) is 0 Å². The summed E-state index contributed by atoms with van der Waals surface area (Å²) in [7, 11) is 1.92. The van der Waals surface area contributed by atoms with Crippen LogP contribution in [0.1, 0.15) is 206 Å². The van der Waals surface area contributed by atoms with Crippen LogP contribution in [0.5, 0.6) is 0 Å². The first-order valence-corrected chi connectivity index (χ1v) is 50.4. The lowest BCUT2D eigenvalue weighted by Gasteiger charge is -2.34. The first-order chi connectivity index (χ1) is 69.1. The van der Waals surface area contributed by atoms with E-state index in [1.54, 1.807) is 6.20 Å². The standard InChI is InChI=1S/C34H41N5O4.C28H34N6O3.2C24H29ClN4O3/c1-22-19-23(2)36-34(41)30(22)21-35-33(40)29-20-31-28(26-5-7-27(8-6-26)38-13-17-43-18-14-38)9-10-39(31)32(24(29)3)25(4)37-11-15-42-16-12-37;1-17-14-18(2)31-28(36)23(17)16-29-27(35)22-15-25-21(24-6-8-30-32(24)5)7-9-34(25)26(19(22)3)20(4)33-10-12-37-13-11-33;2*1-14-11-15(2)27-24(31)19(14)13-26-23(30)18-12-21-20(25)5-6-29(21)22(16(18)3)17(4)28-7-9-32-10-8-28/h5-10,19-20,25H,11-18,21H2,1-4H3,(H,35,40)(H,36,41);6-9,14-15,20H,10-13,16H2,1-5H3,(H,29,35)(H,31,36);2*5-6,11-12,17H,7-10,13H2,1-4H3,(H,26,30)(H,27,31)/t;;2*17-/m..10/s1. The molecule has 2 unspecified atom stereocenters. The Morgan fingerprint density at radius 1 is 0.347 bits per heavy atom. The van der Waals surface area contributed by atoms with E-state index < -0.39 is 0 Å². The number of morpholine rings is 5. The molecule has 13 aromatic heterocycles. The van der Waals surface area contributed by atoms with Gasteiger partial charge in [-0.2, -0.15) is 5.10 Å². The van der Waals surface area contributed by atoms with Crippen LogP contribution in [0.2, 0.25) is 10.0 Å². The Hall–Kier alpha value is -12.8. The van der Waals surface area contributed by atoms with Gasteiger partial charge < -0.3 is 87.4 Å². The minimum absolute atomic E-state index is 0.0743. The summed E-state index contributed by atoms with van der Waals surface area (Å²) in [5.74, 6) is -0.842. The monoisotopic (exact) mass is 2000 g/mol. The third-order valence-electron chi connectivity index (χ3n) is 29.2. The fourth-order valence-corrected chi connectivity index (χ4v) is 21.6. The van der Waals surface area contributed by atoms with Crippen molar-refractivity contribution in [2.45, 2.75) is 161 Å². The van der Waals surface area contributed by atoms with Gasteiger partial charge in [-0.05, 0) is 252 Å². The molecule has 1 aromatic carbocycles. The topological polar surface area (TPSA) is 346 Å². The van der Waals surface area contributed by atoms with Crippen LogP contribution >= 0.6 is 23.2 Å². The highest BCUT2D eigenvalue weighted by Gasteiger charge is 2.34. The first-order valence-electron chi connectivity index (χ1n) is 49.6. The summed E-state index contributed by atoms with van der Waals surface area (Å²) < 4.78 is 38.2. The summed E-state index contributed by atoms with van der Waals surface area (Å²) in [6, 6.07) is 34.2. The molecule has 34 heteroatoms. The SMILES string of the molecule is Cc1cc(C)c(CNC(=O)c2cc3c(-c4ccc(N5CCOCC5)cc4)ccn3c(C(C)N3CCOCC3)c2C)c(=O)[nH]1.Cc1cc(C)c(CNC(=O)c2cc3c(-c4ccnn4C)ccn3c(C(C)N3CCOCC3)c2C)c(=O)[nH]1.Cc1cc(C)c(CNC(=O)c2cc3c(Cl)ccn3c([C@@H](C)N3CCOCC3)c2C)c(=O)[nH]1.Cc1cc(C)c(CNC(=O)c2cc3c(Cl)ccn3c([C@H](C)N3CCOCC3)c2C)c(=O)[nH]1. The van der Waals surface area contributed by atoms with Crippen LogP contribution in [-0.4, -0.2) is 222 Å². The van der Waals surface area contributed by atoms with Crippen LogP contribution in [0.3, 0.4) is 0 Å². The van der Waals surface area contributed by atoms with E-state index >= 15 is 0 Å². The van der Waals surface area contributed by atoms with Crippen molar-refractivity contribution in [3.63, 3.8) is 0 Å². The van der Waals surface area contributed by atoms with Crippen molar-refractivity contribution in [1.29, 1.82) is 0 Å². The third-order valence-corrected chi connectivity index (χ3v) is 29.8. The number of nitrogens with zero attached hydrogens (tertiary/aromatic N) is 11. The maximum atomic E-state index is 13.8. The zero-order valence-electron chi connectivity index (χ0n) is 85.5. The van der Waals surface area contributed by atoms with Gasteiger partial charge in [0.05, 0.1) is 104 Å². The molecule has 0 spiro atoms. The van der Waals surface area contributed by atoms with E-state index in [-0.39, 0.29) is 96.2 Å². The second kappa shape index (κ2) is 45.6. The summed E-state index contributed by atoms with van der Waals surface area (Å²) in [4.78, 5) is 127. The van der Waals surface area contributed by atoms with Crippen LogP contribution in [0.25, 0.3) is 44.5 Å². The van der Waals surface area contributed by atoms with E-state index in [9.17, 15) is 38.4 Å². The van der Waals surface area contributed by atoms with E-state index in [1.807, 2.05) is 174 Å². The molecule has 4 atom stereocenters. The second-order valence-corrected chi connectivity index (χ2v) is 39.2. The molecule has 4 amide bonds. The molecule has 19 rings (SSSR count). The minimum Gasteiger partial charge on any atom is -0.379 e. The molecule has 0 radical (unpaired) electrons. The molecule has 18 heterocycles. The van der Waals surface area contributed by atoms with Crippen molar-refractivity contribution in [2.24, 2.45) is 7.05 Å². The predicted molar refractivity (Wildman–Crippen MR) is 563 cm³/mol. The van der Waals surface area contributed by atoms with Crippen molar-refractivity contribution in [2.75, 3.05) is 136 Å². The van der Waals surface area contributed by atoms with Crippen molar-refractivity contribution >= 4 is 74.6 Å². The van der Waals surface area contributed by atoms with E-state index in [0.29, 0.717) is 107 Å². The molecule has 0 aliphatic carbocycles. The largest absolute Gasteiger partial charge is 0.379 e. The fourth-order valence-electron chi connectivity index (χ4n) is 21.2. The predicted octanol–water partition coefficient (Wildman–Crippen LogP) is 14.7. The van der Waals surface area contributed by atoms with Crippen molar-refractivity contribution in [3.8, 4) is 22.4 Å². The average Bonchev–Trinajstić information content (AvgIpc) is 1.57. The van der Waals surface area contributed by atoms with Crippen LogP contribution in [0.4, 0.5) is 5.69 Å². The van der Waals surface area contributed by atoms with E-state index in [1.165, 1.54) is 5.69 Å². The number of aryl methyl sites for hydroxylation is 9. The number of anilines is 1.